The van der Waals surface area contributed by atoms with E-state index in [1.165, 1.54) is 16.3 Å². The fraction of sp³-hybridized carbons (Fsp3) is 0.593. The van der Waals surface area contributed by atoms with Crippen molar-refractivity contribution >= 4 is 16.7 Å². The number of hydrogen-bond acceptors (Lipinski definition) is 3. The lowest BCUT2D eigenvalue weighted by molar-refractivity contribution is -0.122. The molecule has 0 saturated carbocycles. The van der Waals surface area contributed by atoms with Crippen molar-refractivity contribution in [2.45, 2.75) is 52.4 Å². The van der Waals surface area contributed by atoms with Gasteiger partial charge in [-0.15, -0.1) is 0 Å². The van der Waals surface area contributed by atoms with Crippen LogP contribution in [0.4, 0.5) is 0 Å². The predicted octanol–water partition coefficient (Wildman–Crippen LogP) is 4.92. The van der Waals surface area contributed by atoms with Gasteiger partial charge in [0.15, 0.2) is 0 Å². The molecule has 2 aromatic rings. The topological polar surface area (TPSA) is 35.6 Å². The van der Waals surface area contributed by atoms with E-state index in [1.54, 1.807) is 0 Å². The Labute approximate surface area is 190 Å². The number of benzene rings is 2. The molecule has 0 saturated heterocycles. The standard InChI is InChI=1S/C27H43N3O/c1-7-22(4)27(18-13-19-29(5)6,21-28-26(31)20-30(8-2)9-3)25-17-12-15-23-14-10-11-16-24(23)25/h10-12,14-17,22H,7-9,13,18-21H2,1-6H3,(H,28,31). The number of carbonyl (C=O) groups excluding carboxylic acids is 1. The molecule has 0 aliphatic carbocycles. The fourth-order valence-electron chi connectivity index (χ4n) is 4.73. The Bertz CT molecular complexity index is 810. The molecule has 31 heavy (non-hydrogen) atoms. The van der Waals surface area contributed by atoms with Crippen LogP contribution in [-0.4, -0.2) is 62.5 Å². The molecule has 2 aromatic carbocycles. The van der Waals surface area contributed by atoms with Crippen LogP contribution in [0.5, 0.6) is 0 Å². The summed E-state index contributed by atoms with van der Waals surface area (Å²) in [5, 5.41) is 5.93. The van der Waals surface area contributed by atoms with Gasteiger partial charge in [-0.2, -0.15) is 0 Å². The molecule has 0 fully saturated rings. The van der Waals surface area contributed by atoms with Gasteiger partial charge in [-0.25, -0.2) is 0 Å². The Morgan fingerprint density at radius 2 is 1.71 bits per heavy atom. The highest BCUT2D eigenvalue weighted by Gasteiger charge is 2.38. The molecule has 2 unspecified atom stereocenters. The lowest BCUT2D eigenvalue weighted by Crippen LogP contribution is -2.48. The zero-order valence-electron chi connectivity index (χ0n) is 20.6. The first-order valence-corrected chi connectivity index (χ1v) is 12.0. The monoisotopic (exact) mass is 425 g/mol. The van der Waals surface area contributed by atoms with Crippen molar-refractivity contribution in [2.75, 3.05) is 46.8 Å². The van der Waals surface area contributed by atoms with E-state index in [4.69, 9.17) is 0 Å². The van der Waals surface area contributed by atoms with Crippen LogP contribution in [0.3, 0.4) is 0 Å². The van der Waals surface area contributed by atoms with Crippen molar-refractivity contribution in [1.29, 1.82) is 0 Å². The number of carbonyl (C=O) groups is 1. The number of nitrogens with zero attached hydrogens (tertiary/aromatic N) is 2. The maximum Gasteiger partial charge on any atom is 0.234 e. The van der Waals surface area contributed by atoms with Crippen molar-refractivity contribution < 1.29 is 4.79 Å². The van der Waals surface area contributed by atoms with E-state index in [2.05, 4.69) is 99.4 Å². The van der Waals surface area contributed by atoms with Crippen LogP contribution < -0.4 is 5.32 Å². The van der Waals surface area contributed by atoms with E-state index in [1.807, 2.05) is 0 Å². The van der Waals surface area contributed by atoms with Gasteiger partial charge in [0.2, 0.25) is 5.91 Å². The average molecular weight is 426 g/mol. The molecule has 4 nitrogen and oxygen atoms in total. The van der Waals surface area contributed by atoms with Crippen LogP contribution in [0.25, 0.3) is 10.8 Å². The summed E-state index contributed by atoms with van der Waals surface area (Å²) in [6.45, 7) is 12.8. The van der Waals surface area contributed by atoms with Gasteiger partial charge in [0.05, 0.1) is 6.54 Å². The minimum absolute atomic E-state index is 0.0927. The fourth-order valence-corrected chi connectivity index (χ4v) is 4.73. The zero-order chi connectivity index (χ0) is 22.9. The first kappa shape index (κ1) is 25.4. The summed E-state index contributed by atoms with van der Waals surface area (Å²) in [7, 11) is 4.27. The number of fused-ring (bicyclic) bond motifs is 1. The largest absolute Gasteiger partial charge is 0.354 e. The van der Waals surface area contributed by atoms with Crippen LogP contribution in [0.1, 0.15) is 52.5 Å². The molecule has 2 atom stereocenters. The number of rotatable bonds is 13. The molecule has 4 heteroatoms. The first-order valence-electron chi connectivity index (χ1n) is 12.0. The van der Waals surface area contributed by atoms with E-state index < -0.39 is 0 Å². The number of hydrogen-bond donors (Lipinski definition) is 1. The SMILES string of the molecule is CCC(C)C(CCCN(C)C)(CNC(=O)CN(CC)CC)c1cccc2ccccc12. The third-order valence-electron chi connectivity index (χ3n) is 6.97. The highest BCUT2D eigenvalue weighted by molar-refractivity contribution is 5.87. The van der Waals surface area contributed by atoms with Gasteiger partial charge in [-0.3, -0.25) is 9.69 Å². The summed E-state index contributed by atoms with van der Waals surface area (Å²) in [6, 6.07) is 15.3. The molecule has 172 valence electrons. The second kappa shape index (κ2) is 12.2. The molecular weight excluding hydrogens is 382 g/mol. The third kappa shape index (κ3) is 6.54. The van der Waals surface area contributed by atoms with Gasteiger partial charge in [0.25, 0.3) is 0 Å². The summed E-state index contributed by atoms with van der Waals surface area (Å²) in [5.74, 6) is 0.582. The molecule has 2 rings (SSSR count). The second-order valence-electron chi connectivity index (χ2n) is 9.14. The maximum atomic E-state index is 12.8. The van der Waals surface area contributed by atoms with Gasteiger partial charge >= 0.3 is 0 Å². The maximum absolute atomic E-state index is 12.8. The van der Waals surface area contributed by atoms with E-state index in [0.29, 0.717) is 19.0 Å². The van der Waals surface area contributed by atoms with Gasteiger partial charge < -0.3 is 10.2 Å². The molecule has 0 aromatic heterocycles. The van der Waals surface area contributed by atoms with Crippen molar-refractivity contribution in [3.8, 4) is 0 Å². The molecule has 0 bridgehead atoms. The highest BCUT2D eigenvalue weighted by atomic mass is 16.2. The third-order valence-corrected chi connectivity index (χ3v) is 6.97. The highest BCUT2D eigenvalue weighted by Crippen LogP contribution is 2.41. The average Bonchev–Trinajstić information content (AvgIpc) is 2.78. The van der Waals surface area contributed by atoms with Crippen LogP contribution in [0.15, 0.2) is 42.5 Å². The van der Waals surface area contributed by atoms with E-state index in [0.717, 1.165) is 38.9 Å². The number of amides is 1. The van der Waals surface area contributed by atoms with Gasteiger partial charge in [0.1, 0.15) is 0 Å². The van der Waals surface area contributed by atoms with Crippen molar-refractivity contribution in [3.05, 3.63) is 48.0 Å². The van der Waals surface area contributed by atoms with Crippen LogP contribution in [0.2, 0.25) is 0 Å². The Hall–Kier alpha value is -1.91. The van der Waals surface area contributed by atoms with Gasteiger partial charge in [0, 0.05) is 12.0 Å². The molecular formula is C27H43N3O. The van der Waals surface area contributed by atoms with Gasteiger partial charge in [-0.1, -0.05) is 76.6 Å². The smallest absolute Gasteiger partial charge is 0.234 e. The van der Waals surface area contributed by atoms with Crippen LogP contribution in [-0.2, 0) is 10.2 Å². The molecule has 0 radical (unpaired) electrons. The summed E-state index contributed by atoms with van der Waals surface area (Å²) in [5.41, 5.74) is 1.28. The molecule has 0 heterocycles. The summed E-state index contributed by atoms with van der Waals surface area (Å²) in [4.78, 5) is 17.3. The molecule has 1 amide bonds. The number of likely N-dealkylation sites (N-methyl/N-ethyl adjacent to an activating group) is 1. The lowest BCUT2D eigenvalue weighted by atomic mass is 9.65. The summed E-state index contributed by atoms with van der Waals surface area (Å²) >= 11 is 0. The number of nitrogens with one attached hydrogen (secondary N) is 1. The Kier molecular flexibility index (Phi) is 9.98. The van der Waals surface area contributed by atoms with E-state index in [9.17, 15) is 4.79 Å². The predicted molar refractivity (Wildman–Crippen MR) is 134 cm³/mol. The Morgan fingerprint density at radius 1 is 1.03 bits per heavy atom. The van der Waals surface area contributed by atoms with Crippen LogP contribution >= 0.6 is 0 Å². The van der Waals surface area contributed by atoms with Gasteiger partial charge in [-0.05, 0) is 68.8 Å². The molecule has 0 aliphatic heterocycles. The minimum atomic E-state index is -0.0927. The molecule has 1 N–H and O–H groups in total. The first-order chi connectivity index (χ1) is 14.9. The van der Waals surface area contributed by atoms with Crippen molar-refractivity contribution in [2.24, 2.45) is 5.92 Å². The Balaban J connectivity index is 2.44. The minimum Gasteiger partial charge on any atom is -0.354 e. The quantitative estimate of drug-likeness (QED) is 0.495. The molecule has 0 aliphatic rings. The normalized spacial score (nSPS) is 14.7. The molecule has 0 spiro atoms. The summed E-state index contributed by atoms with van der Waals surface area (Å²) < 4.78 is 0. The van der Waals surface area contributed by atoms with Crippen molar-refractivity contribution in [3.63, 3.8) is 0 Å². The summed E-state index contributed by atoms with van der Waals surface area (Å²) in [6.07, 6.45) is 3.24. The Morgan fingerprint density at radius 3 is 2.35 bits per heavy atom. The van der Waals surface area contributed by atoms with Crippen molar-refractivity contribution in [1.82, 2.24) is 15.1 Å². The lowest BCUT2D eigenvalue weighted by Gasteiger charge is -2.41. The second-order valence-corrected chi connectivity index (χ2v) is 9.14. The zero-order valence-corrected chi connectivity index (χ0v) is 20.6. The van der Waals surface area contributed by atoms with E-state index >= 15 is 0 Å². The van der Waals surface area contributed by atoms with Crippen LogP contribution in [0, 0.1) is 5.92 Å². The van der Waals surface area contributed by atoms with E-state index in [-0.39, 0.29) is 11.3 Å².